The van der Waals surface area contributed by atoms with Crippen LogP contribution in [0.2, 0.25) is 5.02 Å². The number of benzene rings is 2. The van der Waals surface area contributed by atoms with Gasteiger partial charge in [-0.3, -0.25) is 14.4 Å². The second-order valence-electron chi connectivity index (χ2n) is 7.21. The van der Waals surface area contributed by atoms with Crippen molar-refractivity contribution in [3.8, 4) is 0 Å². The smallest absolute Gasteiger partial charge is 0.257 e. The molecule has 0 saturated carbocycles. The van der Waals surface area contributed by atoms with Gasteiger partial charge in [-0.1, -0.05) is 53.2 Å². The number of hydrogen-bond acceptors (Lipinski definition) is 5. The lowest BCUT2D eigenvalue weighted by molar-refractivity contribution is -0.123. The predicted molar refractivity (Wildman–Crippen MR) is 122 cm³/mol. The standard InChI is InChI=1S/C22H19ClN4O3S/c1-12-3-2-4-13(9-12)11-31-22-26-19-18(21(30)27-22)16(10-17(28)25-19)20(29)24-15-7-5-14(23)6-8-15/h2-9,16H,10-11H2,1H3,(H,24,29)(H2,25,26,27,28,30)/t16-/m1/s1. The summed E-state index contributed by atoms with van der Waals surface area (Å²) in [7, 11) is 0. The number of aryl methyl sites for hydroxylation is 1. The van der Waals surface area contributed by atoms with E-state index in [0.29, 0.717) is 21.6 Å². The molecule has 158 valence electrons. The minimum atomic E-state index is -0.938. The molecule has 0 fully saturated rings. The average Bonchev–Trinajstić information content (AvgIpc) is 2.73. The molecule has 0 spiro atoms. The van der Waals surface area contributed by atoms with E-state index in [1.807, 2.05) is 25.1 Å². The molecule has 2 amide bonds. The van der Waals surface area contributed by atoms with Gasteiger partial charge in [0.1, 0.15) is 5.82 Å². The summed E-state index contributed by atoms with van der Waals surface area (Å²) >= 11 is 7.22. The quantitative estimate of drug-likeness (QED) is 0.398. The number of aromatic nitrogens is 2. The predicted octanol–water partition coefficient (Wildman–Crippen LogP) is 4.09. The minimum absolute atomic E-state index is 0.128. The molecule has 1 aliphatic rings. The van der Waals surface area contributed by atoms with E-state index in [2.05, 4.69) is 26.7 Å². The van der Waals surface area contributed by atoms with Crippen LogP contribution >= 0.6 is 23.4 Å². The Morgan fingerprint density at radius 3 is 2.74 bits per heavy atom. The molecule has 31 heavy (non-hydrogen) atoms. The lowest BCUT2D eigenvalue weighted by atomic mass is 9.92. The van der Waals surface area contributed by atoms with Crippen molar-refractivity contribution in [1.29, 1.82) is 0 Å². The van der Waals surface area contributed by atoms with E-state index >= 15 is 0 Å². The number of thioether (sulfide) groups is 1. The third-order valence-corrected chi connectivity index (χ3v) is 6.01. The number of carbonyl (C=O) groups excluding carboxylic acids is 2. The number of halogens is 1. The largest absolute Gasteiger partial charge is 0.326 e. The molecule has 9 heteroatoms. The molecule has 1 atom stereocenters. The topological polar surface area (TPSA) is 104 Å². The third kappa shape index (κ3) is 4.98. The Bertz CT molecular complexity index is 1210. The normalized spacial score (nSPS) is 15.2. The number of hydrogen-bond donors (Lipinski definition) is 3. The molecule has 0 aliphatic carbocycles. The lowest BCUT2D eigenvalue weighted by Crippen LogP contribution is -2.36. The van der Waals surface area contributed by atoms with Crippen molar-refractivity contribution in [3.05, 3.63) is 80.6 Å². The summed E-state index contributed by atoms with van der Waals surface area (Å²) in [6.07, 6.45) is -0.132. The van der Waals surface area contributed by atoms with Gasteiger partial charge in [-0.05, 0) is 36.8 Å². The molecular weight excluding hydrogens is 436 g/mol. The number of nitrogens with one attached hydrogen (secondary N) is 3. The van der Waals surface area contributed by atoms with Crippen molar-refractivity contribution in [1.82, 2.24) is 9.97 Å². The zero-order valence-corrected chi connectivity index (χ0v) is 18.1. The highest BCUT2D eigenvalue weighted by Gasteiger charge is 2.34. The Morgan fingerprint density at radius 1 is 1.23 bits per heavy atom. The first kappa shape index (κ1) is 21.1. The van der Waals surface area contributed by atoms with Gasteiger partial charge in [-0.25, -0.2) is 4.98 Å². The van der Waals surface area contributed by atoms with Crippen LogP contribution in [-0.2, 0) is 15.3 Å². The van der Waals surface area contributed by atoms with Gasteiger partial charge in [0.2, 0.25) is 11.8 Å². The summed E-state index contributed by atoms with van der Waals surface area (Å²) in [5.41, 5.74) is 2.48. The number of anilines is 2. The Labute approximate surface area is 187 Å². The summed E-state index contributed by atoms with van der Waals surface area (Å²) in [5, 5.41) is 6.27. The summed E-state index contributed by atoms with van der Waals surface area (Å²) in [6.45, 7) is 2.01. The van der Waals surface area contributed by atoms with Gasteiger partial charge in [0.25, 0.3) is 5.56 Å². The van der Waals surface area contributed by atoms with E-state index in [9.17, 15) is 14.4 Å². The molecular formula is C22H19ClN4O3S. The van der Waals surface area contributed by atoms with E-state index in [0.717, 1.165) is 11.1 Å². The lowest BCUT2D eigenvalue weighted by Gasteiger charge is -2.23. The fraction of sp³-hybridized carbons (Fsp3) is 0.182. The Kier molecular flexibility index (Phi) is 6.11. The van der Waals surface area contributed by atoms with Gasteiger partial charge in [-0.15, -0.1) is 0 Å². The highest BCUT2D eigenvalue weighted by molar-refractivity contribution is 7.98. The highest BCUT2D eigenvalue weighted by Crippen LogP contribution is 2.31. The maximum absolute atomic E-state index is 12.8. The number of H-pyrrole nitrogens is 1. The van der Waals surface area contributed by atoms with Crippen LogP contribution in [-0.4, -0.2) is 21.8 Å². The maximum atomic E-state index is 12.8. The molecule has 3 N–H and O–H groups in total. The monoisotopic (exact) mass is 454 g/mol. The van der Waals surface area contributed by atoms with Crippen LogP contribution in [0.5, 0.6) is 0 Å². The summed E-state index contributed by atoms with van der Waals surface area (Å²) in [4.78, 5) is 45.0. The van der Waals surface area contributed by atoms with Crippen LogP contribution in [0.15, 0.2) is 58.5 Å². The Hall–Kier alpha value is -3.10. The van der Waals surface area contributed by atoms with E-state index in [4.69, 9.17) is 11.6 Å². The first-order valence-corrected chi connectivity index (χ1v) is 10.9. The Morgan fingerprint density at radius 2 is 2.00 bits per heavy atom. The number of nitrogens with zero attached hydrogens (tertiary/aromatic N) is 1. The van der Waals surface area contributed by atoms with Crippen molar-refractivity contribution in [2.24, 2.45) is 0 Å². The first-order valence-electron chi connectivity index (χ1n) is 9.58. The van der Waals surface area contributed by atoms with Gasteiger partial charge in [-0.2, -0.15) is 0 Å². The molecule has 0 saturated heterocycles. The highest BCUT2D eigenvalue weighted by atomic mass is 35.5. The molecule has 0 bridgehead atoms. The van der Waals surface area contributed by atoms with E-state index in [-0.39, 0.29) is 23.7 Å². The summed E-state index contributed by atoms with van der Waals surface area (Å²) in [6, 6.07) is 14.6. The Balaban J connectivity index is 1.57. The summed E-state index contributed by atoms with van der Waals surface area (Å²) < 4.78 is 0. The van der Waals surface area contributed by atoms with Crippen molar-refractivity contribution < 1.29 is 9.59 Å². The molecule has 7 nitrogen and oxygen atoms in total. The zero-order chi connectivity index (χ0) is 22.0. The van der Waals surface area contributed by atoms with Crippen molar-refractivity contribution in [3.63, 3.8) is 0 Å². The van der Waals surface area contributed by atoms with Crippen LogP contribution in [0.1, 0.15) is 29.0 Å². The molecule has 3 aromatic rings. The van der Waals surface area contributed by atoms with Crippen molar-refractivity contribution >= 4 is 46.7 Å². The second-order valence-corrected chi connectivity index (χ2v) is 8.61. The molecule has 2 aromatic carbocycles. The van der Waals surface area contributed by atoms with Crippen LogP contribution in [0.4, 0.5) is 11.5 Å². The number of aromatic amines is 1. The number of carbonyl (C=O) groups is 2. The van der Waals surface area contributed by atoms with Gasteiger partial charge >= 0.3 is 0 Å². The average molecular weight is 455 g/mol. The van der Waals surface area contributed by atoms with Gasteiger partial charge in [0.15, 0.2) is 5.16 Å². The molecule has 1 aliphatic heterocycles. The molecule has 0 unspecified atom stereocenters. The van der Waals surface area contributed by atoms with Crippen LogP contribution < -0.4 is 16.2 Å². The van der Waals surface area contributed by atoms with E-state index in [1.165, 1.54) is 11.8 Å². The molecule has 2 heterocycles. The van der Waals surface area contributed by atoms with Gasteiger partial charge in [0, 0.05) is 22.9 Å². The van der Waals surface area contributed by atoms with E-state index in [1.54, 1.807) is 24.3 Å². The van der Waals surface area contributed by atoms with Crippen LogP contribution in [0, 0.1) is 6.92 Å². The third-order valence-electron chi connectivity index (χ3n) is 4.82. The first-order chi connectivity index (χ1) is 14.9. The number of rotatable bonds is 5. The SMILES string of the molecule is Cc1cccc(CSc2nc3c(c(=O)[nH]2)[C@H](C(=O)Nc2ccc(Cl)cc2)CC(=O)N3)c1. The second kappa shape index (κ2) is 8.95. The molecule has 1 aromatic heterocycles. The number of amides is 2. The summed E-state index contributed by atoms with van der Waals surface area (Å²) in [5.74, 6) is -1.02. The van der Waals surface area contributed by atoms with Gasteiger partial charge in [0.05, 0.1) is 11.5 Å². The minimum Gasteiger partial charge on any atom is -0.326 e. The molecule has 4 rings (SSSR count). The van der Waals surface area contributed by atoms with Crippen molar-refractivity contribution in [2.45, 2.75) is 30.2 Å². The molecule has 0 radical (unpaired) electrons. The van der Waals surface area contributed by atoms with E-state index < -0.39 is 17.4 Å². The van der Waals surface area contributed by atoms with Crippen LogP contribution in [0.25, 0.3) is 0 Å². The van der Waals surface area contributed by atoms with Crippen LogP contribution in [0.3, 0.4) is 0 Å². The fourth-order valence-electron chi connectivity index (χ4n) is 3.36. The zero-order valence-electron chi connectivity index (χ0n) is 16.6. The number of fused-ring (bicyclic) bond motifs is 1. The van der Waals surface area contributed by atoms with Gasteiger partial charge < -0.3 is 15.6 Å². The fourth-order valence-corrected chi connectivity index (χ4v) is 4.29. The maximum Gasteiger partial charge on any atom is 0.257 e. The van der Waals surface area contributed by atoms with Crippen molar-refractivity contribution in [2.75, 3.05) is 10.6 Å².